The van der Waals surface area contributed by atoms with Crippen molar-refractivity contribution in [3.05, 3.63) is 0 Å². The van der Waals surface area contributed by atoms with E-state index in [-0.39, 0.29) is 0 Å². The molecule has 0 bridgehead atoms. The van der Waals surface area contributed by atoms with Gasteiger partial charge in [0, 0.05) is 26.2 Å². The Bertz CT molecular complexity index is 196. The predicted octanol–water partition coefficient (Wildman–Crippen LogP) is 2.21. The lowest BCUT2D eigenvalue weighted by atomic mass is 10.1. The minimum atomic E-state index is 0.480. The van der Waals surface area contributed by atoms with Gasteiger partial charge in [0.25, 0.3) is 0 Å². The number of ether oxygens (including phenoxy) is 1. The van der Waals surface area contributed by atoms with E-state index in [1.807, 2.05) is 0 Å². The summed E-state index contributed by atoms with van der Waals surface area (Å²) in [5.41, 5.74) is 5.47. The fraction of sp³-hybridized carbons (Fsp3) is 1.00. The maximum Gasteiger partial charge on any atom is 0.0599 e. The Kier molecular flexibility index (Phi) is 9.11. The minimum absolute atomic E-state index is 0.480. The minimum Gasteiger partial charge on any atom is -0.378 e. The van der Waals surface area contributed by atoms with Gasteiger partial charge in [0.05, 0.1) is 6.10 Å². The zero-order valence-corrected chi connectivity index (χ0v) is 12.9. The van der Waals surface area contributed by atoms with Crippen molar-refractivity contribution >= 4 is 11.8 Å². The molecule has 2 N–H and O–H groups in total. The number of nitrogens with two attached hydrogens (primary N) is 1. The predicted molar refractivity (Wildman–Crippen MR) is 81.2 cm³/mol. The van der Waals surface area contributed by atoms with E-state index >= 15 is 0 Å². The van der Waals surface area contributed by atoms with Crippen LogP contribution in [-0.2, 0) is 4.74 Å². The highest BCUT2D eigenvalue weighted by Gasteiger charge is 2.20. The Hall–Kier alpha value is 0.230. The number of rotatable bonds is 9. The lowest BCUT2D eigenvalue weighted by Crippen LogP contribution is -2.39. The van der Waals surface area contributed by atoms with Crippen LogP contribution in [0.5, 0.6) is 0 Å². The van der Waals surface area contributed by atoms with Crippen LogP contribution in [0.3, 0.4) is 0 Å². The van der Waals surface area contributed by atoms with E-state index in [4.69, 9.17) is 10.5 Å². The summed E-state index contributed by atoms with van der Waals surface area (Å²) >= 11 is 2.06. The third kappa shape index (κ3) is 6.98. The van der Waals surface area contributed by atoms with Crippen molar-refractivity contribution < 1.29 is 4.74 Å². The first-order valence-corrected chi connectivity index (χ1v) is 8.53. The van der Waals surface area contributed by atoms with E-state index in [9.17, 15) is 0 Å². The number of nitrogens with zero attached hydrogens (tertiary/aromatic N) is 1. The first-order chi connectivity index (χ1) is 8.76. The Balaban J connectivity index is 2.07. The smallest absolute Gasteiger partial charge is 0.0599 e. The molecule has 0 aromatic carbocycles. The molecule has 0 amide bonds. The van der Waals surface area contributed by atoms with Crippen LogP contribution in [0.15, 0.2) is 0 Å². The molecule has 1 saturated heterocycles. The molecule has 0 aromatic heterocycles. The van der Waals surface area contributed by atoms with Gasteiger partial charge >= 0.3 is 0 Å². The average molecular weight is 274 g/mol. The molecule has 0 radical (unpaired) electrons. The second-order valence-electron chi connectivity index (χ2n) is 5.28. The monoisotopic (exact) mass is 274 g/mol. The molecular formula is C14H30N2OS. The van der Waals surface area contributed by atoms with Crippen molar-refractivity contribution in [2.75, 3.05) is 44.3 Å². The summed E-state index contributed by atoms with van der Waals surface area (Å²) in [6, 6.07) is 0. The Morgan fingerprint density at radius 3 is 2.72 bits per heavy atom. The normalized spacial score (nSPS) is 20.2. The Morgan fingerprint density at radius 2 is 2.11 bits per heavy atom. The van der Waals surface area contributed by atoms with Crippen LogP contribution in [0.1, 0.15) is 33.1 Å². The maximum absolute atomic E-state index is 5.83. The Morgan fingerprint density at radius 1 is 1.39 bits per heavy atom. The summed E-state index contributed by atoms with van der Waals surface area (Å²) < 4.78 is 5.83. The third-order valence-electron chi connectivity index (χ3n) is 3.41. The molecular weight excluding hydrogens is 244 g/mol. The first kappa shape index (κ1) is 16.3. The fourth-order valence-corrected chi connectivity index (χ4v) is 3.15. The molecule has 3 nitrogen and oxygen atoms in total. The van der Waals surface area contributed by atoms with Crippen LogP contribution in [0, 0.1) is 5.92 Å². The summed E-state index contributed by atoms with van der Waals surface area (Å²) in [6.07, 6.45) is 3.86. The topological polar surface area (TPSA) is 38.5 Å². The van der Waals surface area contributed by atoms with Crippen molar-refractivity contribution in [3.8, 4) is 0 Å². The SMILES string of the molecule is CCSCC(C)CN1CCC(OCCCN)CC1. The molecule has 1 unspecified atom stereocenters. The molecule has 1 aliphatic heterocycles. The van der Waals surface area contributed by atoms with Gasteiger partial charge in [-0.25, -0.2) is 0 Å². The van der Waals surface area contributed by atoms with Crippen LogP contribution < -0.4 is 5.73 Å². The second kappa shape index (κ2) is 10.1. The van der Waals surface area contributed by atoms with E-state index in [1.54, 1.807) is 0 Å². The van der Waals surface area contributed by atoms with E-state index in [1.165, 1.54) is 44.0 Å². The highest BCUT2D eigenvalue weighted by molar-refractivity contribution is 7.99. The van der Waals surface area contributed by atoms with Gasteiger partial charge in [0.1, 0.15) is 0 Å². The van der Waals surface area contributed by atoms with Gasteiger partial charge in [-0.3, -0.25) is 0 Å². The number of piperidine rings is 1. The summed E-state index contributed by atoms with van der Waals surface area (Å²) in [4.78, 5) is 2.60. The van der Waals surface area contributed by atoms with Crippen molar-refractivity contribution in [2.45, 2.75) is 39.2 Å². The molecule has 1 atom stereocenters. The zero-order chi connectivity index (χ0) is 13.2. The lowest BCUT2D eigenvalue weighted by Gasteiger charge is -2.33. The third-order valence-corrected chi connectivity index (χ3v) is 4.63. The molecule has 18 heavy (non-hydrogen) atoms. The highest BCUT2D eigenvalue weighted by atomic mass is 32.2. The van der Waals surface area contributed by atoms with Crippen molar-refractivity contribution in [1.82, 2.24) is 4.90 Å². The summed E-state index contributed by atoms with van der Waals surface area (Å²) in [6.45, 7) is 9.84. The number of hydrogen-bond donors (Lipinski definition) is 1. The van der Waals surface area contributed by atoms with Crippen LogP contribution in [0.25, 0.3) is 0 Å². The number of thioether (sulfide) groups is 1. The molecule has 0 saturated carbocycles. The lowest BCUT2D eigenvalue weighted by molar-refractivity contribution is 0.00534. The van der Waals surface area contributed by atoms with Crippen LogP contribution in [0.4, 0.5) is 0 Å². The van der Waals surface area contributed by atoms with Gasteiger partial charge < -0.3 is 15.4 Å². The molecule has 4 heteroatoms. The van der Waals surface area contributed by atoms with Crippen LogP contribution >= 0.6 is 11.8 Å². The van der Waals surface area contributed by atoms with Crippen molar-refractivity contribution in [3.63, 3.8) is 0 Å². The molecule has 0 spiro atoms. The molecule has 1 rings (SSSR count). The van der Waals surface area contributed by atoms with Gasteiger partial charge in [0.15, 0.2) is 0 Å². The standard InChI is InChI=1S/C14H30N2OS/c1-3-18-12-13(2)11-16-8-5-14(6-9-16)17-10-4-7-15/h13-14H,3-12,15H2,1-2H3. The highest BCUT2D eigenvalue weighted by Crippen LogP contribution is 2.16. The maximum atomic E-state index is 5.83. The van der Waals surface area contributed by atoms with E-state index in [0.29, 0.717) is 6.10 Å². The van der Waals surface area contributed by atoms with Crippen molar-refractivity contribution in [1.29, 1.82) is 0 Å². The molecule has 0 aromatic rings. The van der Waals surface area contributed by atoms with Gasteiger partial charge in [-0.15, -0.1) is 0 Å². The molecule has 108 valence electrons. The van der Waals surface area contributed by atoms with E-state index in [0.717, 1.165) is 25.5 Å². The molecule has 1 heterocycles. The van der Waals surface area contributed by atoms with Gasteiger partial charge in [0.2, 0.25) is 0 Å². The van der Waals surface area contributed by atoms with Crippen LogP contribution in [0.2, 0.25) is 0 Å². The van der Waals surface area contributed by atoms with Gasteiger partial charge in [-0.1, -0.05) is 13.8 Å². The van der Waals surface area contributed by atoms with Gasteiger partial charge in [-0.05, 0) is 43.2 Å². The molecule has 1 fully saturated rings. The first-order valence-electron chi connectivity index (χ1n) is 7.38. The van der Waals surface area contributed by atoms with Crippen molar-refractivity contribution in [2.24, 2.45) is 11.7 Å². The summed E-state index contributed by atoms with van der Waals surface area (Å²) in [5, 5.41) is 0. The molecule has 1 aliphatic rings. The largest absolute Gasteiger partial charge is 0.378 e. The number of hydrogen-bond acceptors (Lipinski definition) is 4. The number of likely N-dealkylation sites (tertiary alicyclic amines) is 1. The zero-order valence-electron chi connectivity index (χ0n) is 12.1. The van der Waals surface area contributed by atoms with Gasteiger partial charge in [-0.2, -0.15) is 11.8 Å². The Labute approximate surface area is 117 Å². The van der Waals surface area contributed by atoms with E-state index < -0.39 is 0 Å². The fourth-order valence-electron chi connectivity index (χ4n) is 2.40. The molecule has 0 aliphatic carbocycles. The second-order valence-corrected chi connectivity index (χ2v) is 6.60. The van der Waals surface area contributed by atoms with E-state index in [2.05, 4.69) is 30.5 Å². The summed E-state index contributed by atoms with van der Waals surface area (Å²) in [5.74, 6) is 3.34. The quantitative estimate of drug-likeness (QED) is 0.654. The van der Waals surface area contributed by atoms with Crippen LogP contribution in [-0.4, -0.2) is 55.3 Å². The average Bonchev–Trinajstić information content (AvgIpc) is 2.39. The summed E-state index contributed by atoms with van der Waals surface area (Å²) in [7, 11) is 0.